The number of halogens is 2. The lowest BCUT2D eigenvalue weighted by Crippen LogP contribution is -2.31. The van der Waals surface area contributed by atoms with Gasteiger partial charge in [-0.05, 0) is 12.2 Å². The van der Waals surface area contributed by atoms with Gasteiger partial charge in [-0.25, -0.2) is 4.79 Å². The van der Waals surface area contributed by atoms with E-state index in [0.29, 0.717) is 10.7 Å². The maximum absolute atomic E-state index is 11.8. The van der Waals surface area contributed by atoms with Crippen LogP contribution >= 0.6 is 23.2 Å². The molecule has 0 aromatic carbocycles. The molecule has 0 bridgehead atoms. The minimum atomic E-state index is -1.31. The summed E-state index contributed by atoms with van der Waals surface area (Å²) in [7, 11) is 0. The molecule has 1 N–H and O–H groups in total. The summed E-state index contributed by atoms with van der Waals surface area (Å²) in [5.41, 5.74) is -0.000720. The number of Topliss-reactive ketones (excluding diaryl/α,β-unsaturated/α-hetero) is 1. The normalized spacial score (nSPS) is 23.9. The fourth-order valence-corrected chi connectivity index (χ4v) is 2.13. The third kappa shape index (κ3) is 1.70. The van der Waals surface area contributed by atoms with Crippen molar-refractivity contribution in [3.05, 3.63) is 34.0 Å². The highest BCUT2D eigenvalue weighted by molar-refractivity contribution is 6.43. The number of rotatable bonds is 1. The highest BCUT2D eigenvalue weighted by Gasteiger charge is 2.36. The Morgan fingerprint density at radius 1 is 1.38 bits per heavy atom. The Bertz CT molecular complexity index is 514. The van der Waals surface area contributed by atoms with Crippen molar-refractivity contribution in [1.82, 2.24) is 0 Å². The van der Waals surface area contributed by atoms with Crippen molar-refractivity contribution in [2.45, 2.75) is 0 Å². The Hall–Kier alpha value is -1.39. The number of allylic oxidation sites excluding steroid dienone is 4. The number of aliphatic carboxylic acids is 1. The number of nitrogens with zero attached hydrogens (tertiary/aromatic N) is 1. The molecule has 0 fully saturated rings. The molecule has 4 nitrogen and oxygen atoms in total. The Morgan fingerprint density at radius 3 is 2.69 bits per heavy atom. The van der Waals surface area contributed by atoms with Crippen molar-refractivity contribution in [3.8, 4) is 0 Å². The molecule has 1 atom stereocenters. The summed E-state index contributed by atoms with van der Waals surface area (Å²) in [5.74, 6) is -2.71. The van der Waals surface area contributed by atoms with E-state index < -0.39 is 17.7 Å². The van der Waals surface area contributed by atoms with E-state index in [1.165, 1.54) is 12.2 Å². The smallest absolute Gasteiger partial charge is 0.340 e. The molecule has 6 heteroatoms. The van der Waals surface area contributed by atoms with Gasteiger partial charge in [-0.3, -0.25) is 9.79 Å². The molecule has 1 aliphatic heterocycles. The maximum atomic E-state index is 11.8. The molecule has 0 aromatic heterocycles. The van der Waals surface area contributed by atoms with Crippen molar-refractivity contribution < 1.29 is 14.7 Å². The Labute approximate surface area is 101 Å². The molecule has 2 rings (SSSR count). The van der Waals surface area contributed by atoms with E-state index in [-0.39, 0.29) is 10.6 Å². The summed E-state index contributed by atoms with van der Waals surface area (Å²) in [6, 6.07) is 0. The molecule has 0 radical (unpaired) electrons. The number of fused-ring (bicyclic) bond motifs is 1. The molecular formula is C10H5Cl2NO3. The third-order valence-corrected chi connectivity index (χ3v) is 2.78. The molecule has 16 heavy (non-hydrogen) atoms. The molecule has 0 saturated carbocycles. The zero-order chi connectivity index (χ0) is 11.9. The van der Waals surface area contributed by atoms with Crippen molar-refractivity contribution in [3.63, 3.8) is 0 Å². The molecule has 0 aromatic rings. The van der Waals surface area contributed by atoms with Crippen LogP contribution in [0.3, 0.4) is 0 Å². The molecule has 1 aliphatic carbocycles. The van der Waals surface area contributed by atoms with Gasteiger partial charge in [0.15, 0.2) is 5.78 Å². The number of ketones is 1. The fraction of sp³-hybridized carbons (Fsp3) is 0.100. The quantitative estimate of drug-likeness (QED) is 0.730. The van der Waals surface area contributed by atoms with Gasteiger partial charge in [0.2, 0.25) is 0 Å². The number of carboxylic acid groups (broad SMARTS) is 1. The van der Waals surface area contributed by atoms with Crippen LogP contribution < -0.4 is 0 Å². The number of carbonyl (C=O) groups is 2. The average Bonchev–Trinajstić information content (AvgIpc) is 2.15. The molecular weight excluding hydrogens is 253 g/mol. The standard InChI is InChI=1S/C10H5Cl2NO3/c11-4-1-6(12)8-7(2-4)13-3-5(9(8)14)10(15)16/h1-3,8H,(H,15,16). The monoisotopic (exact) mass is 257 g/mol. The minimum Gasteiger partial charge on any atom is -0.478 e. The number of aliphatic imine (C=N–C) groups is 1. The van der Waals surface area contributed by atoms with Gasteiger partial charge in [0.25, 0.3) is 0 Å². The van der Waals surface area contributed by atoms with Crippen molar-refractivity contribution in [2.24, 2.45) is 10.9 Å². The summed E-state index contributed by atoms with van der Waals surface area (Å²) in [4.78, 5) is 26.4. The van der Waals surface area contributed by atoms with Gasteiger partial charge in [0.05, 0.1) is 5.71 Å². The molecule has 0 spiro atoms. The van der Waals surface area contributed by atoms with Gasteiger partial charge in [-0.15, -0.1) is 0 Å². The lowest BCUT2D eigenvalue weighted by Gasteiger charge is -2.21. The van der Waals surface area contributed by atoms with Gasteiger partial charge in [-0.1, -0.05) is 23.2 Å². The Balaban J connectivity index is 2.51. The molecule has 1 heterocycles. The van der Waals surface area contributed by atoms with E-state index in [9.17, 15) is 9.59 Å². The zero-order valence-corrected chi connectivity index (χ0v) is 9.29. The highest BCUT2D eigenvalue weighted by Crippen LogP contribution is 2.31. The average molecular weight is 258 g/mol. The van der Waals surface area contributed by atoms with Crippen LogP contribution in [0, 0.1) is 5.92 Å². The first-order valence-corrected chi connectivity index (χ1v) is 5.06. The Kier molecular flexibility index (Phi) is 2.69. The van der Waals surface area contributed by atoms with Crippen molar-refractivity contribution in [2.75, 3.05) is 0 Å². The predicted octanol–water partition coefficient (Wildman–Crippen LogP) is 1.85. The zero-order valence-electron chi connectivity index (χ0n) is 7.78. The fourth-order valence-electron chi connectivity index (χ4n) is 1.51. The first-order valence-electron chi connectivity index (χ1n) is 4.30. The van der Waals surface area contributed by atoms with Gasteiger partial charge < -0.3 is 5.11 Å². The van der Waals surface area contributed by atoms with Crippen LogP contribution in [0.5, 0.6) is 0 Å². The summed E-state index contributed by atoms with van der Waals surface area (Å²) in [5, 5.41) is 9.32. The molecule has 82 valence electrons. The topological polar surface area (TPSA) is 66.7 Å². The van der Waals surface area contributed by atoms with E-state index in [1.54, 1.807) is 0 Å². The van der Waals surface area contributed by atoms with Crippen LogP contribution in [0.15, 0.2) is 39.0 Å². The van der Waals surface area contributed by atoms with Gasteiger partial charge in [-0.2, -0.15) is 0 Å². The van der Waals surface area contributed by atoms with Crippen LogP contribution in [0.4, 0.5) is 0 Å². The number of carboxylic acids is 1. The maximum Gasteiger partial charge on any atom is 0.340 e. The first kappa shape index (κ1) is 11.1. The van der Waals surface area contributed by atoms with E-state index in [4.69, 9.17) is 28.3 Å². The second kappa shape index (κ2) is 3.88. The Morgan fingerprint density at radius 2 is 2.06 bits per heavy atom. The van der Waals surface area contributed by atoms with E-state index in [0.717, 1.165) is 6.20 Å². The lowest BCUT2D eigenvalue weighted by molar-refractivity contribution is -0.134. The largest absolute Gasteiger partial charge is 0.478 e. The van der Waals surface area contributed by atoms with Gasteiger partial charge in [0, 0.05) is 16.3 Å². The molecule has 1 unspecified atom stereocenters. The number of carbonyl (C=O) groups excluding carboxylic acids is 1. The second-order valence-electron chi connectivity index (χ2n) is 3.26. The van der Waals surface area contributed by atoms with Crippen molar-refractivity contribution >= 4 is 40.7 Å². The summed E-state index contributed by atoms with van der Waals surface area (Å²) in [6.45, 7) is 0. The minimum absolute atomic E-state index is 0.183. The molecule has 0 saturated heterocycles. The third-order valence-electron chi connectivity index (χ3n) is 2.23. The number of hydrogen-bond acceptors (Lipinski definition) is 3. The highest BCUT2D eigenvalue weighted by atomic mass is 35.5. The van der Waals surface area contributed by atoms with Crippen LogP contribution in [0.2, 0.25) is 0 Å². The van der Waals surface area contributed by atoms with E-state index in [2.05, 4.69) is 4.99 Å². The van der Waals surface area contributed by atoms with E-state index in [1.807, 2.05) is 0 Å². The van der Waals surface area contributed by atoms with Crippen LogP contribution in [-0.4, -0.2) is 22.6 Å². The SMILES string of the molecule is O=C(O)C1=CN=C2C=C(Cl)C=C(Cl)C2C1=O. The lowest BCUT2D eigenvalue weighted by atomic mass is 9.88. The summed E-state index contributed by atoms with van der Waals surface area (Å²) >= 11 is 11.6. The summed E-state index contributed by atoms with van der Waals surface area (Å²) in [6.07, 6.45) is 3.92. The molecule has 2 aliphatic rings. The molecule has 0 amide bonds. The van der Waals surface area contributed by atoms with Crippen LogP contribution in [-0.2, 0) is 9.59 Å². The van der Waals surface area contributed by atoms with Gasteiger partial charge in [0.1, 0.15) is 11.5 Å². The van der Waals surface area contributed by atoms with Crippen molar-refractivity contribution in [1.29, 1.82) is 0 Å². The van der Waals surface area contributed by atoms with Gasteiger partial charge >= 0.3 is 5.97 Å². The van der Waals surface area contributed by atoms with E-state index >= 15 is 0 Å². The second-order valence-corrected chi connectivity index (χ2v) is 4.13. The first-order chi connectivity index (χ1) is 7.50. The predicted molar refractivity (Wildman–Crippen MR) is 59.5 cm³/mol. The number of hydrogen-bond donors (Lipinski definition) is 1. The van der Waals surface area contributed by atoms with Crippen LogP contribution in [0.25, 0.3) is 0 Å². The van der Waals surface area contributed by atoms with Crippen LogP contribution in [0.1, 0.15) is 0 Å². The summed E-state index contributed by atoms with van der Waals surface area (Å²) < 4.78 is 0.